The maximum absolute atomic E-state index is 12.5. The summed E-state index contributed by atoms with van der Waals surface area (Å²) < 4.78 is 0. The molecule has 0 saturated carbocycles. The monoisotopic (exact) mass is 288 g/mol. The first-order valence-electron chi connectivity index (χ1n) is 7.63. The van der Waals surface area contributed by atoms with Crippen LogP contribution >= 0.6 is 0 Å². The van der Waals surface area contributed by atoms with Crippen LogP contribution in [-0.2, 0) is 16.0 Å². The van der Waals surface area contributed by atoms with Crippen LogP contribution < -0.4 is 4.90 Å². The summed E-state index contributed by atoms with van der Waals surface area (Å²) in [4.78, 5) is 27.7. The summed E-state index contributed by atoms with van der Waals surface area (Å²) >= 11 is 0. The third kappa shape index (κ3) is 3.84. The van der Waals surface area contributed by atoms with E-state index in [4.69, 9.17) is 0 Å². The van der Waals surface area contributed by atoms with Crippen LogP contribution in [0.3, 0.4) is 0 Å². The Kier molecular flexibility index (Phi) is 4.99. The molecule has 1 aliphatic rings. The molecule has 0 fully saturated rings. The lowest BCUT2D eigenvalue weighted by atomic mass is 10.1. The van der Waals surface area contributed by atoms with Gasteiger partial charge < -0.3 is 9.80 Å². The molecule has 1 aromatic rings. The third-order valence-electron chi connectivity index (χ3n) is 3.94. The quantitative estimate of drug-likeness (QED) is 0.835. The van der Waals surface area contributed by atoms with Gasteiger partial charge in [0.25, 0.3) is 0 Å². The second-order valence-corrected chi connectivity index (χ2v) is 6.05. The van der Waals surface area contributed by atoms with Crippen LogP contribution in [0.25, 0.3) is 0 Å². The molecule has 0 N–H and O–H groups in total. The van der Waals surface area contributed by atoms with E-state index < -0.39 is 0 Å². The first-order valence-corrected chi connectivity index (χ1v) is 7.63. The van der Waals surface area contributed by atoms with E-state index >= 15 is 0 Å². The predicted octanol–water partition coefficient (Wildman–Crippen LogP) is 2.47. The Labute approximate surface area is 126 Å². The van der Waals surface area contributed by atoms with Crippen LogP contribution in [0.15, 0.2) is 24.3 Å². The fraction of sp³-hybridized carbons (Fsp3) is 0.529. The normalized spacial score (nSPS) is 13.4. The molecule has 4 nitrogen and oxygen atoms in total. The Bertz CT molecular complexity index is 525. The predicted molar refractivity (Wildman–Crippen MR) is 84.2 cm³/mol. The SMILES string of the molecule is CC(=O)N(CCC(C)C)CC(=O)N1CCc2ccccc21. The van der Waals surface area contributed by atoms with Crippen molar-refractivity contribution in [1.82, 2.24) is 4.90 Å². The fourth-order valence-electron chi connectivity index (χ4n) is 2.61. The zero-order valence-electron chi connectivity index (χ0n) is 13.1. The highest BCUT2D eigenvalue weighted by Gasteiger charge is 2.26. The minimum Gasteiger partial charge on any atom is -0.334 e. The number of rotatable bonds is 5. The molecule has 0 spiro atoms. The molecule has 1 aromatic carbocycles. The first kappa shape index (κ1) is 15.5. The maximum Gasteiger partial charge on any atom is 0.246 e. The number of carbonyl (C=O) groups is 2. The summed E-state index contributed by atoms with van der Waals surface area (Å²) in [6, 6.07) is 7.99. The number of amides is 2. The van der Waals surface area contributed by atoms with Gasteiger partial charge in [-0.05, 0) is 30.4 Å². The minimum atomic E-state index is -0.0310. The molecule has 4 heteroatoms. The molecule has 0 unspecified atom stereocenters. The second kappa shape index (κ2) is 6.74. The van der Waals surface area contributed by atoms with Crippen molar-refractivity contribution in [1.29, 1.82) is 0 Å². The summed E-state index contributed by atoms with van der Waals surface area (Å²) in [5, 5.41) is 0. The number of fused-ring (bicyclic) bond motifs is 1. The largest absolute Gasteiger partial charge is 0.334 e. The van der Waals surface area contributed by atoms with E-state index in [-0.39, 0.29) is 18.4 Å². The molecule has 114 valence electrons. The second-order valence-electron chi connectivity index (χ2n) is 6.05. The Hall–Kier alpha value is -1.84. The summed E-state index contributed by atoms with van der Waals surface area (Å²) in [5.41, 5.74) is 2.21. The number of carbonyl (C=O) groups excluding carboxylic acids is 2. The zero-order chi connectivity index (χ0) is 15.4. The molecule has 21 heavy (non-hydrogen) atoms. The molecule has 0 bridgehead atoms. The van der Waals surface area contributed by atoms with Crippen LogP contribution in [0, 0.1) is 5.92 Å². The van der Waals surface area contributed by atoms with Gasteiger partial charge in [0.1, 0.15) is 6.54 Å². The van der Waals surface area contributed by atoms with Crippen LogP contribution in [0.2, 0.25) is 0 Å². The lowest BCUT2D eigenvalue weighted by Gasteiger charge is -2.25. The molecule has 1 aliphatic heterocycles. The van der Waals surface area contributed by atoms with E-state index in [2.05, 4.69) is 19.9 Å². The number of hydrogen-bond donors (Lipinski definition) is 0. The van der Waals surface area contributed by atoms with Crippen molar-refractivity contribution in [3.8, 4) is 0 Å². The summed E-state index contributed by atoms with van der Waals surface area (Å²) in [5.74, 6) is 0.504. The highest BCUT2D eigenvalue weighted by molar-refractivity contribution is 5.98. The van der Waals surface area contributed by atoms with E-state index in [1.807, 2.05) is 18.2 Å². The van der Waals surface area contributed by atoms with Gasteiger partial charge in [-0.15, -0.1) is 0 Å². The molecular weight excluding hydrogens is 264 g/mol. The third-order valence-corrected chi connectivity index (χ3v) is 3.94. The summed E-state index contributed by atoms with van der Waals surface area (Å²) in [7, 11) is 0. The average Bonchev–Trinajstić information content (AvgIpc) is 2.86. The van der Waals surface area contributed by atoms with Gasteiger partial charge in [0.15, 0.2) is 0 Å². The highest BCUT2D eigenvalue weighted by atomic mass is 16.2. The Morgan fingerprint density at radius 1 is 1.29 bits per heavy atom. The van der Waals surface area contributed by atoms with Crippen LogP contribution in [-0.4, -0.2) is 36.3 Å². The van der Waals surface area contributed by atoms with Crippen molar-refractivity contribution in [2.45, 2.75) is 33.6 Å². The van der Waals surface area contributed by atoms with Gasteiger partial charge in [0, 0.05) is 25.7 Å². The van der Waals surface area contributed by atoms with Gasteiger partial charge in [-0.3, -0.25) is 9.59 Å². The number of para-hydroxylation sites is 1. The van der Waals surface area contributed by atoms with Gasteiger partial charge in [-0.25, -0.2) is 0 Å². The van der Waals surface area contributed by atoms with Gasteiger partial charge in [0.2, 0.25) is 11.8 Å². The van der Waals surface area contributed by atoms with Crippen molar-refractivity contribution >= 4 is 17.5 Å². The molecule has 2 amide bonds. The fourth-order valence-corrected chi connectivity index (χ4v) is 2.61. The van der Waals surface area contributed by atoms with E-state index in [0.717, 1.165) is 18.5 Å². The lowest BCUT2D eigenvalue weighted by Crippen LogP contribution is -2.42. The Morgan fingerprint density at radius 3 is 2.67 bits per heavy atom. The highest BCUT2D eigenvalue weighted by Crippen LogP contribution is 2.27. The van der Waals surface area contributed by atoms with Crippen molar-refractivity contribution in [2.24, 2.45) is 5.92 Å². The van der Waals surface area contributed by atoms with Crippen molar-refractivity contribution < 1.29 is 9.59 Å². The standard InChI is InChI=1S/C17H24N2O2/c1-13(2)8-10-18(14(3)20)12-17(21)19-11-9-15-6-4-5-7-16(15)19/h4-7,13H,8-12H2,1-3H3. The molecular formula is C17H24N2O2. The lowest BCUT2D eigenvalue weighted by molar-refractivity contribution is -0.133. The van der Waals surface area contributed by atoms with E-state index in [9.17, 15) is 9.59 Å². The number of hydrogen-bond acceptors (Lipinski definition) is 2. The molecule has 2 rings (SSSR count). The number of anilines is 1. The van der Waals surface area contributed by atoms with Crippen LogP contribution in [0.5, 0.6) is 0 Å². The molecule has 0 atom stereocenters. The van der Waals surface area contributed by atoms with E-state index in [1.54, 1.807) is 9.80 Å². The molecule has 0 aliphatic carbocycles. The summed E-state index contributed by atoms with van der Waals surface area (Å²) in [6.45, 7) is 7.32. The number of benzene rings is 1. The van der Waals surface area contributed by atoms with Crippen molar-refractivity contribution in [3.05, 3.63) is 29.8 Å². The number of nitrogens with zero attached hydrogens (tertiary/aromatic N) is 2. The molecule has 1 heterocycles. The van der Waals surface area contributed by atoms with Gasteiger partial charge in [-0.1, -0.05) is 32.0 Å². The Morgan fingerprint density at radius 2 is 2.00 bits per heavy atom. The molecule has 0 radical (unpaired) electrons. The van der Waals surface area contributed by atoms with E-state index in [1.165, 1.54) is 12.5 Å². The Balaban J connectivity index is 2.01. The summed E-state index contributed by atoms with van der Waals surface area (Å²) in [6.07, 6.45) is 1.82. The van der Waals surface area contributed by atoms with Crippen molar-refractivity contribution in [3.63, 3.8) is 0 Å². The molecule has 0 saturated heterocycles. The van der Waals surface area contributed by atoms with Gasteiger partial charge >= 0.3 is 0 Å². The smallest absolute Gasteiger partial charge is 0.246 e. The maximum atomic E-state index is 12.5. The molecule has 0 aromatic heterocycles. The van der Waals surface area contributed by atoms with Gasteiger partial charge in [0.05, 0.1) is 0 Å². The van der Waals surface area contributed by atoms with Crippen molar-refractivity contribution in [2.75, 3.05) is 24.5 Å². The topological polar surface area (TPSA) is 40.6 Å². The van der Waals surface area contributed by atoms with Crippen LogP contribution in [0.4, 0.5) is 5.69 Å². The zero-order valence-corrected chi connectivity index (χ0v) is 13.1. The van der Waals surface area contributed by atoms with Crippen LogP contribution in [0.1, 0.15) is 32.8 Å². The average molecular weight is 288 g/mol. The minimum absolute atomic E-state index is 0.0129. The van der Waals surface area contributed by atoms with Gasteiger partial charge in [-0.2, -0.15) is 0 Å². The first-order chi connectivity index (χ1) is 9.99. The van der Waals surface area contributed by atoms with E-state index in [0.29, 0.717) is 19.0 Å².